The third-order valence-electron chi connectivity index (χ3n) is 3.72. The summed E-state index contributed by atoms with van der Waals surface area (Å²) >= 11 is 1.60. The van der Waals surface area contributed by atoms with Gasteiger partial charge in [0.2, 0.25) is 0 Å². The van der Waals surface area contributed by atoms with Crippen molar-refractivity contribution >= 4 is 17.7 Å². The van der Waals surface area contributed by atoms with Crippen LogP contribution < -0.4 is 4.74 Å². The number of benzene rings is 2. The van der Waals surface area contributed by atoms with Crippen LogP contribution in [0.2, 0.25) is 0 Å². The van der Waals surface area contributed by atoms with Gasteiger partial charge in [-0.25, -0.2) is 0 Å². The standard InChI is InChI=1S/C18H18O2S/c1-11-8-12(2)17(13(3)9-11)20-18(19)16-10-14-6-4-5-7-15(14)21-16/h4-9,16H,10H2,1-3H3. The maximum atomic E-state index is 12.4. The van der Waals surface area contributed by atoms with Gasteiger partial charge in [0.25, 0.3) is 0 Å². The third-order valence-corrected chi connectivity index (χ3v) is 5.01. The molecule has 0 spiro atoms. The average Bonchev–Trinajstić information content (AvgIpc) is 2.86. The van der Waals surface area contributed by atoms with E-state index in [-0.39, 0.29) is 11.2 Å². The van der Waals surface area contributed by atoms with Crippen LogP contribution in [0.4, 0.5) is 0 Å². The van der Waals surface area contributed by atoms with E-state index in [1.54, 1.807) is 11.8 Å². The summed E-state index contributed by atoms with van der Waals surface area (Å²) in [6.45, 7) is 6.02. The lowest BCUT2D eigenvalue weighted by molar-refractivity contribution is -0.133. The van der Waals surface area contributed by atoms with Crippen molar-refractivity contribution in [1.29, 1.82) is 0 Å². The highest BCUT2D eigenvalue weighted by atomic mass is 32.2. The van der Waals surface area contributed by atoms with Gasteiger partial charge in [0.1, 0.15) is 11.0 Å². The van der Waals surface area contributed by atoms with Gasteiger partial charge in [-0.05, 0) is 49.9 Å². The lowest BCUT2D eigenvalue weighted by Gasteiger charge is -2.14. The molecule has 1 aliphatic heterocycles. The van der Waals surface area contributed by atoms with Gasteiger partial charge >= 0.3 is 5.97 Å². The Kier molecular flexibility index (Phi) is 3.77. The van der Waals surface area contributed by atoms with Crippen molar-refractivity contribution in [3.8, 4) is 5.75 Å². The molecule has 0 radical (unpaired) electrons. The Morgan fingerprint density at radius 3 is 2.48 bits per heavy atom. The molecule has 1 aliphatic rings. The highest BCUT2D eigenvalue weighted by Crippen LogP contribution is 2.38. The summed E-state index contributed by atoms with van der Waals surface area (Å²) in [4.78, 5) is 13.6. The first kappa shape index (κ1) is 14.2. The lowest BCUT2D eigenvalue weighted by atomic mass is 10.1. The van der Waals surface area contributed by atoms with E-state index in [0.717, 1.165) is 17.5 Å². The molecule has 1 atom stereocenters. The molecule has 0 aliphatic carbocycles. The predicted octanol–water partition coefficient (Wildman–Crippen LogP) is 4.23. The number of hydrogen-bond acceptors (Lipinski definition) is 3. The molecule has 0 aromatic heterocycles. The van der Waals surface area contributed by atoms with E-state index < -0.39 is 0 Å². The number of thioether (sulfide) groups is 1. The van der Waals surface area contributed by atoms with Crippen molar-refractivity contribution in [2.24, 2.45) is 0 Å². The van der Waals surface area contributed by atoms with Gasteiger partial charge in [0.05, 0.1) is 0 Å². The van der Waals surface area contributed by atoms with Gasteiger partial charge in [0.15, 0.2) is 0 Å². The second kappa shape index (κ2) is 5.57. The zero-order valence-electron chi connectivity index (χ0n) is 12.5. The molecule has 0 saturated carbocycles. The molecular formula is C18H18O2S. The maximum absolute atomic E-state index is 12.4. The molecule has 0 saturated heterocycles. The van der Waals surface area contributed by atoms with Crippen molar-refractivity contribution in [1.82, 2.24) is 0 Å². The Labute approximate surface area is 129 Å². The smallest absolute Gasteiger partial charge is 0.325 e. The Bertz CT molecular complexity index is 658. The molecule has 21 heavy (non-hydrogen) atoms. The molecule has 2 aromatic rings. The largest absolute Gasteiger partial charge is 0.425 e. The van der Waals surface area contributed by atoms with Crippen molar-refractivity contribution in [3.05, 3.63) is 58.7 Å². The van der Waals surface area contributed by atoms with E-state index in [1.165, 1.54) is 16.0 Å². The maximum Gasteiger partial charge on any atom is 0.325 e. The van der Waals surface area contributed by atoms with E-state index >= 15 is 0 Å². The fraction of sp³-hybridized carbons (Fsp3) is 0.278. The zero-order valence-corrected chi connectivity index (χ0v) is 13.3. The van der Waals surface area contributed by atoms with E-state index in [2.05, 4.69) is 19.1 Å². The predicted molar refractivity (Wildman–Crippen MR) is 86.1 cm³/mol. The molecular weight excluding hydrogens is 280 g/mol. The van der Waals surface area contributed by atoms with Crippen LogP contribution in [-0.4, -0.2) is 11.2 Å². The summed E-state index contributed by atoms with van der Waals surface area (Å²) in [5.41, 5.74) is 4.46. The SMILES string of the molecule is Cc1cc(C)c(OC(=O)C2Cc3ccccc3S2)c(C)c1. The second-order valence-corrected chi connectivity index (χ2v) is 6.81. The Hall–Kier alpha value is -1.74. The first-order valence-corrected chi connectivity index (χ1v) is 7.96. The molecule has 3 rings (SSSR count). The zero-order chi connectivity index (χ0) is 15.0. The van der Waals surface area contributed by atoms with Gasteiger partial charge in [-0.1, -0.05) is 35.9 Å². The molecule has 2 aromatic carbocycles. The highest BCUT2D eigenvalue weighted by Gasteiger charge is 2.30. The van der Waals surface area contributed by atoms with Crippen LogP contribution in [0.1, 0.15) is 22.3 Å². The molecule has 0 N–H and O–H groups in total. The first-order chi connectivity index (χ1) is 10.0. The Morgan fingerprint density at radius 2 is 1.81 bits per heavy atom. The van der Waals surface area contributed by atoms with Gasteiger partial charge in [0, 0.05) is 4.90 Å². The molecule has 2 nitrogen and oxygen atoms in total. The van der Waals surface area contributed by atoms with Crippen molar-refractivity contribution in [2.45, 2.75) is 37.3 Å². The molecule has 0 fully saturated rings. The summed E-state index contributed by atoms with van der Waals surface area (Å²) in [6.07, 6.45) is 0.754. The van der Waals surface area contributed by atoms with Gasteiger partial charge in [-0.2, -0.15) is 0 Å². The molecule has 3 heteroatoms. The second-order valence-electron chi connectivity index (χ2n) is 5.57. The topological polar surface area (TPSA) is 26.3 Å². The molecule has 108 valence electrons. The van der Waals surface area contributed by atoms with Crippen molar-refractivity contribution in [3.63, 3.8) is 0 Å². The summed E-state index contributed by atoms with van der Waals surface area (Å²) in [5.74, 6) is 0.563. The number of aryl methyl sites for hydroxylation is 3. The first-order valence-electron chi connectivity index (χ1n) is 7.08. The van der Waals surface area contributed by atoms with Crippen molar-refractivity contribution in [2.75, 3.05) is 0 Å². The monoisotopic (exact) mass is 298 g/mol. The van der Waals surface area contributed by atoms with Gasteiger partial charge in [-0.3, -0.25) is 4.79 Å². The molecule has 0 amide bonds. The van der Waals surface area contributed by atoms with E-state index in [9.17, 15) is 4.79 Å². The molecule has 1 heterocycles. The van der Waals surface area contributed by atoms with Crippen LogP contribution in [0, 0.1) is 20.8 Å². The molecule has 0 bridgehead atoms. The molecule has 1 unspecified atom stereocenters. The van der Waals surface area contributed by atoms with Crippen LogP contribution in [0.5, 0.6) is 5.75 Å². The number of carbonyl (C=O) groups is 1. The number of carbonyl (C=O) groups excluding carboxylic acids is 1. The van der Waals surface area contributed by atoms with Crippen LogP contribution in [0.3, 0.4) is 0 Å². The van der Waals surface area contributed by atoms with E-state index in [1.807, 2.05) is 38.1 Å². The van der Waals surface area contributed by atoms with Crippen LogP contribution in [0.25, 0.3) is 0 Å². The fourth-order valence-corrected chi connectivity index (χ4v) is 3.98. The minimum absolute atomic E-state index is 0.137. The summed E-state index contributed by atoms with van der Waals surface area (Å²) in [7, 11) is 0. The lowest BCUT2D eigenvalue weighted by Crippen LogP contribution is -2.23. The third kappa shape index (κ3) is 2.84. The minimum atomic E-state index is -0.147. The van der Waals surface area contributed by atoms with Crippen LogP contribution in [-0.2, 0) is 11.2 Å². The number of fused-ring (bicyclic) bond motifs is 1. The Morgan fingerprint density at radius 1 is 1.14 bits per heavy atom. The van der Waals surface area contributed by atoms with Gasteiger partial charge < -0.3 is 4.74 Å². The van der Waals surface area contributed by atoms with E-state index in [0.29, 0.717) is 5.75 Å². The number of hydrogen-bond donors (Lipinski definition) is 0. The van der Waals surface area contributed by atoms with Crippen molar-refractivity contribution < 1.29 is 9.53 Å². The fourth-order valence-electron chi connectivity index (χ4n) is 2.81. The highest BCUT2D eigenvalue weighted by molar-refractivity contribution is 8.01. The number of esters is 1. The van der Waals surface area contributed by atoms with Crippen LogP contribution >= 0.6 is 11.8 Å². The summed E-state index contributed by atoms with van der Waals surface area (Å²) in [5, 5.41) is -0.137. The summed E-state index contributed by atoms with van der Waals surface area (Å²) in [6, 6.07) is 12.3. The average molecular weight is 298 g/mol. The van der Waals surface area contributed by atoms with E-state index in [4.69, 9.17) is 4.74 Å². The quantitative estimate of drug-likeness (QED) is 0.613. The number of rotatable bonds is 2. The van der Waals surface area contributed by atoms with Gasteiger partial charge in [-0.15, -0.1) is 11.8 Å². The minimum Gasteiger partial charge on any atom is -0.425 e. The normalized spacial score (nSPS) is 16.6. The number of ether oxygens (including phenoxy) is 1. The Balaban J connectivity index is 1.77. The summed E-state index contributed by atoms with van der Waals surface area (Å²) < 4.78 is 5.69. The van der Waals surface area contributed by atoms with Crippen LogP contribution in [0.15, 0.2) is 41.3 Å².